The summed E-state index contributed by atoms with van der Waals surface area (Å²) in [5.41, 5.74) is 1.31. The van der Waals surface area contributed by atoms with Crippen LogP contribution >= 0.6 is 0 Å². The van der Waals surface area contributed by atoms with Crippen LogP contribution in [-0.2, 0) is 4.74 Å². The van der Waals surface area contributed by atoms with Crippen LogP contribution in [0.1, 0.15) is 37.2 Å². The molecule has 2 aliphatic heterocycles. The lowest BCUT2D eigenvalue weighted by molar-refractivity contribution is 0.0239. The van der Waals surface area contributed by atoms with Gasteiger partial charge in [-0.05, 0) is 37.9 Å². The standard InChI is InChI=1S/C17H25NO3/c1-19-16-4-2-3-15(13-5-9-18-10-6-13)17(16)21-14-7-11-20-12-8-14/h2-4,13-14,18H,5-12H2,1H3. The minimum Gasteiger partial charge on any atom is -0.493 e. The van der Waals surface area contributed by atoms with Crippen molar-refractivity contribution < 1.29 is 14.2 Å². The van der Waals surface area contributed by atoms with E-state index in [1.165, 1.54) is 5.56 Å². The van der Waals surface area contributed by atoms with Gasteiger partial charge in [0.1, 0.15) is 6.10 Å². The van der Waals surface area contributed by atoms with E-state index >= 15 is 0 Å². The fourth-order valence-electron chi connectivity index (χ4n) is 3.23. The topological polar surface area (TPSA) is 39.7 Å². The summed E-state index contributed by atoms with van der Waals surface area (Å²) in [6, 6.07) is 6.28. The second-order valence-electron chi connectivity index (χ2n) is 5.83. The van der Waals surface area contributed by atoms with Crippen LogP contribution in [0.4, 0.5) is 0 Å². The van der Waals surface area contributed by atoms with Gasteiger partial charge < -0.3 is 19.5 Å². The molecule has 2 heterocycles. The molecule has 0 spiro atoms. The molecule has 0 aliphatic carbocycles. The maximum atomic E-state index is 6.34. The Kier molecular flexibility index (Phi) is 4.99. The molecule has 1 N–H and O–H groups in total. The third-order valence-electron chi connectivity index (χ3n) is 4.46. The molecule has 4 nitrogen and oxygen atoms in total. The number of benzene rings is 1. The minimum atomic E-state index is 0.246. The van der Waals surface area contributed by atoms with Gasteiger partial charge in [0.25, 0.3) is 0 Å². The number of hydrogen-bond donors (Lipinski definition) is 1. The number of methoxy groups -OCH3 is 1. The zero-order valence-electron chi connectivity index (χ0n) is 12.8. The van der Waals surface area contributed by atoms with E-state index in [9.17, 15) is 0 Å². The molecule has 2 saturated heterocycles. The Bertz CT molecular complexity index is 451. The van der Waals surface area contributed by atoms with Gasteiger partial charge in [-0.25, -0.2) is 0 Å². The number of piperidine rings is 1. The van der Waals surface area contributed by atoms with Crippen LogP contribution in [0, 0.1) is 0 Å². The Morgan fingerprint density at radius 3 is 2.57 bits per heavy atom. The highest BCUT2D eigenvalue weighted by molar-refractivity contribution is 5.48. The summed E-state index contributed by atoms with van der Waals surface area (Å²) in [4.78, 5) is 0. The molecule has 2 aliphatic rings. The number of rotatable bonds is 4. The predicted molar refractivity (Wildman–Crippen MR) is 82.3 cm³/mol. The zero-order chi connectivity index (χ0) is 14.5. The average Bonchev–Trinajstić information content (AvgIpc) is 2.57. The Morgan fingerprint density at radius 2 is 1.86 bits per heavy atom. The molecule has 0 amide bonds. The second-order valence-corrected chi connectivity index (χ2v) is 5.83. The SMILES string of the molecule is COc1cccc(C2CCNCC2)c1OC1CCOCC1. The van der Waals surface area contributed by atoms with Gasteiger partial charge in [-0.2, -0.15) is 0 Å². The van der Waals surface area contributed by atoms with Gasteiger partial charge in [0.15, 0.2) is 11.5 Å². The van der Waals surface area contributed by atoms with Crippen molar-refractivity contribution in [3.05, 3.63) is 23.8 Å². The maximum absolute atomic E-state index is 6.34. The molecule has 0 unspecified atom stereocenters. The van der Waals surface area contributed by atoms with Crippen molar-refractivity contribution in [3.63, 3.8) is 0 Å². The molecule has 1 aromatic carbocycles. The van der Waals surface area contributed by atoms with Crippen molar-refractivity contribution in [2.75, 3.05) is 33.4 Å². The van der Waals surface area contributed by atoms with Gasteiger partial charge in [-0.3, -0.25) is 0 Å². The van der Waals surface area contributed by atoms with Crippen molar-refractivity contribution in [2.45, 2.75) is 37.7 Å². The fraction of sp³-hybridized carbons (Fsp3) is 0.647. The largest absolute Gasteiger partial charge is 0.493 e. The second kappa shape index (κ2) is 7.14. The van der Waals surface area contributed by atoms with Crippen LogP contribution in [0.25, 0.3) is 0 Å². The molecule has 4 heteroatoms. The third kappa shape index (κ3) is 3.50. The summed E-state index contributed by atoms with van der Waals surface area (Å²) in [6.45, 7) is 3.75. The van der Waals surface area contributed by atoms with Gasteiger partial charge in [0.2, 0.25) is 0 Å². The predicted octanol–water partition coefficient (Wildman–Crippen LogP) is 2.72. The average molecular weight is 291 g/mol. The first-order valence-electron chi connectivity index (χ1n) is 8.00. The van der Waals surface area contributed by atoms with Crippen molar-refractivity contribution in [1.82, 2.24) is 5.32 Å². The summed E-state index contributed by atoms with van der Waals surface area (Å²) in [7, 11) is 1.72. The van der Waals surface area contributed by atoms with Crippen LogP contribution in [-0.4, -0.2) is 39.5 Å². The van der Waals surface area contributed by atoms with E-state index in [2.05, 4.69) is 17.4 Å². The molecule has 3 rings (SSSR count). The number of nitrogens with one attached hydrogen (secondary N) is 1. The van der Waals surface area contributed by atoms with Crippen molar-refractivity contribution >= 4 is 0 Å². The Hall–Kier alpha value is -1.26. The highest BCUT2D eigenvalue weighted by atomic mass is 16.5. The molecule has 21 heavy (non-hydrogen) atoms. The van der Waals surface area contributed by atoms with E-state index < -0.39 is 0 Å². The van der Waals surface area contributed by atoms with Gasteiger partial charge >= 0.3 is 0 Å². The van der Waals surface area contributed by atoms with Crippen LogP contribution in [0.5, 0.6) is 11.5 Å². The van der Waals surface area contributed by atoms with Crippen LogP contribution in [0.2, 0.25) is 0 Å². The van der Waals surface area contributed by atoms with E-state index in [1.807, 2.05) is 6.07 Å². The van der Waals surface area contributed by atoms with Crippen LogP contribution in [0.15, 0.2) is 18.2 Å². The minimum absolute atomic E-state index is 0.246. The fourth-order valence-corrected chi connectivity index (χ4v) is 3.23. The number of para-hydroxylation sites is 1. The van der Waals surface area contributed by atoms with Gasteiger partial charge in [-0.15, -0.1) is 0 Å². The first-order valence-corrected chi connectivity index (χ1v) is 8.00. The highest BCUT2D eigenvalue weighted by Crippen LogP contribution is 2.40. The Labute approximate surface area is 126 Å². The molecule has 2 fully saturated rings. The number of ether oxygens (including phenoxy) is 3. The van der Waals surface area contributed by atoms with Gasteiger partial charge in [0.05, 0.1) is 20.3 Å². The molecular formula is C17H25NO3. The lowest BCUT2D eigenvalue weighted by Crippen LogP contribution is -2.29. The maximum Gasteiger partial charge on any atom is 0.165 e. The van der Waals surface area contributed by atoms with Crippen molar-refractivity contribution in [2.24, 2.45) is 0 Å². The summed E-state index contributed by atoms with van der Waals surface area (Å²) in [5.74, 6) is 2.38. The third-order valence-corrected chi connectivity index (χ3v) is 4.46. The van der Waals surface area contributed by atoms with Crippen LogP contribution in [0.3, 0.4) is 0 Å². The van der Waals surface area contributed by atoms with Crippen LogP contribution < -0.4 is 14.8 Å². The summed E-state index contributed by atoms with van der Waals surface area (Å²) >= 11 is 0. The van der Waals surface area contributed by atoms with Crippen molar-refractivity contribution in [3.8, 4) is 11.5 Å². The molecule has 0 atom stereocenters. The molecule has 0 aromatic heterocycles. The summed E-state index contributed by atoms with van der Waals surface area (Å²) < 4.78 is 17.3. The van der Waals surface area contributed by atoms with Gasteiger partial charge in [-0.1, -0.05) is 12.1 Å². The lowest BCUT2D eigenvalue weighted by atomic mass is 9.89. The summed E-state index contributed by atoms with van der Waals surface area (Å²) in [5, 5.41) is 3.43. The van der Waals surface area contributed by atoms with E-state index in [-0.39, 0.29) is 6.10 Å². The summed E-state index contributed by atoms with van der Waals surface area (Å²) in [6.07, 6.45) is 4.50. The molecule has 0 bridgehead atoms. The molecule has 0 saturated carbocycles. The van der Waals surface area contributed by atoms with E-state index in [1.54, 1.807) is 7.11 Å². The van der Waals surface area contributed by atoms with E-state index in [0.717, 1.165) is 63.5 Å². The number of hydrogen-bond acceptors (Lipinski definition) is 4. The van der Waals surface area contributed by atoms with E-state index in [0.29, 0.717) is 5.92 Å². The highest BCUT2D eigenvalue weighted by Gasteiger charge is 2.24. The van der Waals surface area contributed by atoms with Gasteiger partial charge in [0, 0.05) is 18.4 Å². The first-order chi connectivity index (χ1) is 10.4. The molecule has 1 aromatic rings. The molecule has 116 valence electrons. The van der Waals surface area contributed by atoms with Crippen molar-refractivity contribution in [1.29, 1.82) is 0 Å². The lowest BCUT2D eigenvalue weighted by Gasteiger charge is -2.29. The van der Waals surface area contributed by atoms with E-state index in [4.69, 9.17) is 14.2 Å². The Morgan fingerprint density at radius 1 is 1.10 bits per heavy atom. The quantitative estimate of drug-likeness (QED) is 0.926. The molecular weight excluding hydrogens is 266 g/mol. The normalized spacial score (nSPS) is 21.2. The first kappa shape index (κ1) is 14.7. The molecule has 0 radical (unpaired) electrons. The monoisotopic (exact) mass is 291 g/mol. The smallest absolute Gasteiger partial charge is 0.165 e. The Balaban J connectivity index is 1.83. The zero-order valence-corrected chi connectivity index (χ0v) is 12.8.